The van der Waals surface area contributed by atoms with E-state index >= 15 is 0 Å². The van der Waals surface area contributed by atoms with Crippen LogP contribution in [0.2, 0.25) is 0 Å². The van der Waals surface area contributed by atoms with Gasteiger partial charge in [-0.15, -0.1) is 11.3 Å². The molecule has 0 aliphatic rings. The minimum Gasteiger partial charge on any atom is -0.351 e. The summed E-state index contributed by atoms with van der Waals surface area (Å²) < 4.78 is 1.86. The van der Waals surface area contributed by atoms with Crippen LogP contribution in [0.25, 0.3) is 10.8 Å². The lowest BCUT2D eigenvalue weighted by atomic mass is 10.3. The Morgan fingerprint density at radius 3 is 2.65 bits per heavy atom. The minimum atomic E-state index is -0.104. The second-order valence-corrected chi connectivity index (χ2v) is 6.76. The van der Waals surface area contributed by atoms with Crippen molar-refractivity contribution in [3.8, 4) is 10.8 Å². The van der Waals surface area contributed by atoms with Gasteiger partial charge in [0.1, 0.15) is 16.5 Å². The van der Waals surface area contributed by atoms with Gasteiger partial charge < -0.3 is 5.32 Å². The first-order chi connectivity index (χ1) is 12.6. The monoisotopic (exact) mass is 371 g/mol. The highest BCUT2D eigenvalue weighted by Crippen LogP contribution is 2.25. The van der Waals surface area contributed by atoms with Crippen LogP contribution in [0.3, 0.4) is 0 Å². The highest BCUT2D eigenvalue weighted by atomic mass is 32.1. The molecular weight excluding hydrogens is 350 g/mol. The molecule has 3 aromatic heterocycles. The Kier molecular flexibility index (Phi) is 5.67. The van der Waals surface area contributed by atoms with Crippen LogP contribution >= 0.6 is 11.3 Å². The van der Waals surface area contributed by atoms with Gasteiger partial charge in [0, 0.05) is 25.5 Å². The Bertz CT molecular complexity index is 888. The zero-order valence-electron chi connectivity index (χ0n) is 15.1. The lowest BCUT2D eigenvalue weighted by Gasteiger charge is -2.05. The number of thiazole rings is 1. The lowest BCUT2D eigenvalue weighted by Crippen LogP contribution is -2.25. The molecule has 1 N–H and O–H groups in total. The number of carbonyl (C=O) groups is 1. The number of carbonyl (C=O) groups excluding carboxylic acids is 1. The zero-order valence-corrected chi connectivity index (χ0v) is 15.9. The smallest absolute Gasteiger partial charge is 0.263 e. The van der Waals surface area contributed by atoms with Gasteiger partial charge in [0.05, 0.1) is 5.69 Å². The summed E-state index contributed by atoms with van der Waals surface area (Å²) in [5, 5.41) is 7.95. The Morgan fingerprint density at radius 2 is 2.00 bits per heavy atom. The molecule has 0 fully saturated rings. The molecule has 8 nitrogen and oxygen atoms in total. The van der Waals surface area contributed by atoms with E-state index < -0.39 is 0 Å². The molecule has 0 aliphatic heterocycles. The average molecular weight is 371 g/mol. The van der Waals surface area contributed by atoms with Crippen molar-refractivity contribution in [2.75, 3.05) is 6.54 Å². The maximum atomic E-state index is 12.5. The number of amides is 1. The fourth-order valence-corrected chi connectivity index (χ4v) is 3.58. The van der Waals surface area contributed by atoms with Gasteiger partial charge in [-0.1, -0.05) is 6.92 Å². The average Bonchev–Trinajstić information content (AvgIpc) is 3.22. The number of hydrogen-bond acceptors (Lipinski definition) is 7. The lowest BCUT2D eigenvalue weighted by molar-refractivity contribution is 0.0955. The van der Waals surface area contributed by atoms with Crippen molar-refractivity contribution in [2.45, 2.75) is 40.2 Å². The third kappa shape index (κ3) is 4.10. The van der Waals surface area contributed by atoms with Crippen molar-refractivity contribution in [2.24, 2.45) is 0 Å². The molecule has 0 saturated heterocycles. The Morgan fingerprint density at radius 1 is 1.23 bits per heavy atom. The quantitative estimate of drug-likeness (QED) is 0.639. The molecule has 0 saturated carbocycles. The highest BCUT2D eigenvalue weighted by Gasteiger charge is 2.18. The Balaban J connectivity index is 1.60. The Labute approximate surface area is 155 Å². The third-order valence-corrected chi connectivity index (χ3v) is 4.88. The summed E-state index contributed by atoms with van der Waals surface area (Å²) >= 11 is 1.33. The predicted molar refractivity (Wildman–Crippen MR) is 99.0 cm³/mol. The van der Waals surface area contributed by atoms with E-state index in [0.717, 1.165) is 30.3 Å². The van der Waals surface area contributed by atoms with E-state index in [2.05, 4.69) is 30.4 Å². The summed E-state index contributed by atoms with van der Waals surface area (Å²) in [4.78, 5) is 30.4. The number of aryl methyl sites for hydroxylation is 4. The van der Waals surface area contributed by atoms with Gasteiger partial charge in [-0.2, -0.15) is 5.10 Å². The second kappa shape index (κ2) is 8.13. The highest BCUT2D eigenvalue weighted by molar-refractivity contribution is 7.17. The molecule has 3 aromatic rings. The summed E-state index contributed by atoms with van der Waals surface area (Å²) in [5.74, 6) is 2.09. The molecule has 0 unspecified atom stereocenters. The number of hydrogen-bond donors (Lipinski definition) is 1. The SMILES string of the molecule is CCc1nc(-c2ncccn2)sc1C(=O)NCCCn1nc(C)nc1C. The van der Waals surface area contributed by atoms with E-state index in [9.17, 15) is 4.79 Å². The van der Waals surface area contributed by atoms with Crippen LogP contribution in [0.4, 0.5) is 0 Å². The molecule has 0 bridgehead atoms. The number of nitrogens with zero attached hydrogens (tertiary/aromatic N) is 6. The molecule has 3 rings (SSSR count). The van der Waals surface area contributed by atoms with Gasteiger partial charge in [0.2, 0.25) is 0 Å². The molecule has 26 heavy (non-hydrogen) atoms. The first kappa shape index (κ1) is 18.1. The van der Waals surface area contributed by atoms with Crippen molar-refractivity contribution in [1.82, 2.24) is 35.0 Å². The summed E-state index contributed by atoms with van der Waals surface area (Å²) in [6, 6.07) is 1.75. The van der Waals surface area contributed by atoms with E-state index in [0.29, 0.717) is 28.7 Å². The molecule has 9 heteroatoms. The molecule has 0 aromatic carbocycles. The molecule has 0 aliphatic carbocycles. The maximum Gasteiger partial charge on any atom is 0.263 e. The van der Waals surface area contributed by atoms with Crippen LogP contribution in [-0.2, 0) is 13.0 Å². The summed E-state index contributed by atoms with van der Waals surface area (Å²) in [6.07, 6.45) is 4.81. The van der Waals surface area contributed by atoms with E-state index in [1.807, 2.05) is 25.5 Å². The van der Waals surface area contributed by atoms with Crippen molar-refractivity contribution >= 4 is 17.2 Å². The zero-order chi connectivity index (χ0) is 18.5. The molecule has 3 heterocycles. The third-order valence-electron chi connectivity index (χ3n) is 3.79. The summed E-state index contributed by atoms with van der Waals surface area (Å²) in [7, 11) is 0. The van der Waals surface area contributed by atoms with Crippen LogP contribution in [-0.4, -0.2) is 42.2 Å². The van der Waals surface area contributed by atoms with Gasteiger partial charge in [-0.25, -0.2) is 19.9 Å². The predicted octanol–water partition coefficient (Wildman–Crippen LogP) is 2.19. The van der Waals surface area contributed by atoms with Crippen LogP contribution in [0.1, 0.15) is 40.4 Å². The first-order valence-corrected chi connectivity index (χ1v) is 9.33. The van der Waals surface area contributed by atoms with Crippen molar-refractivity contribution in [3.05, 3.63) is 40.7 Å². The van der Waals surface area contributed by atoms with Crippen molar-refractivity contribution in [1.29, 1.82) is 0 Å². The molecule has 1 amide bonds. The largest absolute Gasteiger partial charge is 0.351 e. The fraction of sp³-hybridized carbons (Fsp3) is 0.412. The van der Waals surface area contributed by atoms with Crippen LogP contribution in [0, 0.1) is 13.8 Å². The van der Waals surface area contributed by atoms with Crippen molar-refractivity contribution in [3.63, 3.8) is 0 Å². The topological polar surface area (TPSA) is 98.5 Å². The van der Waals surface area contributed by atoms with E-state index in [-0.39, 0.29) is 5.91 Å². The van der Waals surface area contributed by atoms with Gasteiger partial charge in [0.15, 0.2) is 10.8 Å². The maximum absolute atomic E-state index is 12.5. The van der Waals surface area contributed by atoms with E-state index in [1.165, 1.54) is 11.3 Å². The minimum absolute atomic E-state index is 0.104. The van der Waals surface area contributed by atoms with E-state index in [1.54, 1.807) is 18.5 Å². The standard InChI is InChI=1S/C17H21N7OS/c1-4-13-14(26-17(22-13)15-18-7-5-8-19-15)16(25)20-9-6-10-24-12(3)21-11(2)23-24/h5,7-8H,4,6,9-10H2,1-3H3,(H,20,25). The van der Waals surface area contributed by atoms with Gasteiger partial charge in [0.25, 0.3) is 5.91 Å². The molecular formula is C17H21N7OS. The van der Waals surface area contributed by atoms with E-state index in [4.69, 9.17) is 0 Å². The molecule has 0 atom stereocenters. The Hall–Kier alpha value is -2.68. The van der Waals surface area contributed by atoms with Crippen LogP contribution < -0.4 is 5.32 Å². The first-order valence-electron chi connectivity index (χ1n) is 8.51. The van der Waals surface area contributed by atoms with Crippen molar-refractivity contribution < 1.29 is 4.79 Å². The normalized spacial score (nSPS) is 10.9. The van der Waals surface area contributed by atoms with Gasteiger partial charge in [-0.05, 0) is 32.8 Å². The molecule has 0 radical (unpaired) electrons. The molecule has 0 spiro atoms. The number of rotatable bonds is 7. The number of aromatic nitrogens is 6. The number of nitrogens with one attached hydrogen (secondary N) is 1. The fourth-order valence-electron chi connectivity index (χ4n) is 2.56. The van der Waals surface area contributed by atoms with Gasteiger partial charge in [-0.3, -0.25) is 9.48 Å². The summed E-state index contributed by atoms with van der Waals surface area (Å²) in [6.45, 7) is 7.07. The van der Waals surface area contributed by atoms with Crippen LogP contribution in [0.15, 0.2) is 18.5 Å². The summed E-state index contributed by atoms with van der Waals surface area (Å²) in [5.41, 5.74) is 0.776. The van der Waals surface area contributed by atoms with Gasteiger partial charge >= 0.3 is 0 Å². The second-order valence-electron chi connectivity index (χ2n) is 5.76. The van der Waals surface area contributed by atoms with Crippen LogP contribution in [0.5, 0.6) is 0 Å². The molecule has 136 valence electrons.